The van der Waals surface area contributed by atoms with Gasteiger partial charge in [-0.2, -0.15) is 0 Å². The molecule has 0 radical (unpaired) electrons. The van der Waals surface area contributed by atoms with Gasteiger partial charge in [-0.25, -0.2) is 4.39 Å². The fourth-order valence-corrected chi connectivity index (χ4v) is 2.88. The quantitative estimate of drug-likeness (QED) is 0.831. The van der Waals surface area contributed by atoms with Crippen LogP contribution in [-0.4, -0.2) is 11.1 Å². The predicted molar refractivity (Wildman–Crippen MR) is 67.8 cm³/mol. The first-order valence-corrected chi connectivity index (χ1v) is 6.64. The van der Waals surface area contributed by atoms with E-state index in [4.69, 9.17) is 0 Å². The first kappa shape index (κ1) is 13.1. The molecule has 1 saturated carbocycles. The van der Waals surface area contributed by atoms with Gasteiger partial charge in [-0.15, -0.1) is 0 Å². The van der Waals surface area contributed by atoms with E-state index in [9.17, 15) is 14.3 Å². The Bertz CT molecular complexity index is 399. The summed E-state index contributed by atoms with van der Waals surface area (Å²) in [6.45, 7) is 0. The topological polar surface area (TPSA) is 37.3 Å². The van der Waals surface area contributed by atoms with E-state index in [0.29, 0.717) is 0 Å². The van der Waals surface area contributed by atoms with Crippen LogP contribution in [0.3, 0.4) is 0 Å². The average molecular weight is 250 g/mol. The van der Waals surface area contributed by atoms with Crippen molar-refractivity contribution in [3.63, 3.8) is 0 Å². The van der Waals surface area contributed by atoms with E-state index in [1.807, 2.05) is 0 Å². The zero-order valence-corrected chi connectivity index (χ0v) is 10.4. The molecule has 0 spiro atoms. The molecule has 1 aromatic carbocycles. The molecule has 2 atom stereocenters. The second-order valence-corrected chi connectivity index (χ2v) is 5.17. The van der Waals surface area contributed by atoms with Crippen molar-refractivity contribution in [2.75, 3.05) is 0 Å². The molecule has 1 N–H and O–H groups in total. The molecule has 0 aliphatic heterocycles. The highest BCUT2D eigenvalue weighted by molar-refractivity contribution is 5.70. The lowest BCUT2D eigenvalue weighted by molar-refractivity contribution is -0.143. The molecule has 1 aliphatic rings. The van der Waals surface area contributed by atoms with Gasteiger partial charge in [0.25, 0.3) is 0 Å². The fourth-order valence-electron chi connectivity index (χ4n) is 2.88. The highest BCUT2D eigenvalue weighted by Crippen LogP contribution is 2.31. The molecule has 1 fully saturated rings. The average Bonchev–Trinajstić information content (AvgIpc) is 2.57. The Labute approximate surface area is 107 Å². The lowest BCUT2D eigenvalue weighted by Gasteiger charge is -2.21. The first-order valence-electron chi connectivity index (χ1n) is 6.64. The molecule has 2 unspecified atom stereocenters. The Balaban J connectivity index is 2.08. The molecule has 2 rings (SSSR count). The van der Waals surface area contributed by atoms with Crippen LogP contribution < -0.4 is 0 Å². The van der Waals surface area contributed by atoms with Crippen LogP contribution in [0.25, 0.3) is 0 Å². The van der Waals surface area contributed by atoms with Crippen LogP contribution in [0.2, 0.25) is 0 Å². The molecular weight excluding hydrogens is 231 g/mol. The number of hydrogen-bond acceptors (Lipinski definition) is 1. The number of carboxylic acid groups (broad SMARTS) is 1. The number of aliphatic carboxylic acids is 1. The maximum Gasteiger partial charge on any atom is 0.306 e. The van der Waals surface area contributed by atoms with Crippen molar-refractivity contribution in [2.24, 2.45) is 11.8 Å². The zero-order chi connectivity index (χ0) is 13.0. The normalized spacial score (nSPS) is 24.5. The van der Waals surface area contributed by atoms with Crippen LogP contribution in [0, 0.1) is 17.7 Å². The van der Waals surface area contributed by atoms with Crippen LogP contribution in [0.15, 0.2) is 24.3 Å². The third-order valence-corrected chi connectivity index (χ3v) is 3.89. The molecule has 0 amide bonds. The Hall–Kier alpha value is -1.38. The van der Waals surface area contributed by atoms with Gasteiger partial charge in [0.1, 0.15) is 5.82 Å². The summed E-state index contributed by atoms with van der Waals surface area (Å²) >= 11 is 0. The monoisotopic (exact) mass is 250 g/mol. The number of rotatable bonds is 3. The van der Waals surface area contributed by atoms with Crippen LogP contribution in [-0.2, 0) is 11.2 Å². The van der Waals surface area contributed by atoms with Crippen molar-refractivity contribution in [1.29, 1.82) is 0 Å². The molecule has 0 aromatic heterocycles. The van der Waals surface area contributed by atoms with Crippen molar-refractivity contribution in [2.45, 2.75) is 38.5 Å². The van der Waals surface area contributed by atoms with Gasteiger partial charge in [0.2, 0.25) is 0 Å². The van der Waals surface area contributed by atoms with Gasteiger partial charge in [0.15, 0.2) is 0 Å². The van der Waals surface area contributed by atoms with Crippen molar-refractivity contribution in [3.8, 4) is 0 Å². The highest BCUT2D eigenvalue weighted by Gasteiger charge is 2.29. The van der Waals surface area contributed by atoms with Gasteiger partial charge < -0.3 is 5.11 Å². The third-order valence-electron chi connectivity index (χ3n) is 3.89. The standard InChI is InChI=1S/C15H19FO2/c16-13-8-6-11(7-9-13)10-12-4-2-1-3-5-14(12)15(17)18/h6-9,12,14H,1-5,10H2,(H,17,18). The maximum atomic E-state index is 12.8. The first-order chi connectivity index (χ1) is 8.66. The molecule has 1 aromatic rings. The van der Waals surface area contributed by atoms with Crippen LogP contribution in [0.1, 0.15) is 37.7 Å². The second-order valence-electron chi connectivity index (χ2n) is 5.17. The number of benzene rings is 1. The van der Waals surface area contributed by atoms with Crippen LogP contribution in [0.5, 0.6) is 0 Å². The summed E-state index contributed by atoms with van der Waals surface area (Å²) in [5.74, 6) is -0.966. The maximum absolute atomic E-state index is 12.8. The molecule has 18 heavy (non-hydrogen) atoms. The molecule has 0 heterocycles. The summed E-state index contributed by atoms with van der Waals surface area (Å²) in [5, 5.41) is 9.30. The van der Waals surface area contributed by atoms with Gasteiger partial charge in [0, 0.05) is 0 Å². The van der Waals surface area contributed by atoms with Crippen molar-refractivity contribution >= 4 is 5.97 Å². The largest absolute Gasteiger partial charge is 0.481 e. The summed E-state index contributed by atoms with van der Waals surface area (Å²) in [7, 11) is 0. The third kappa shape index (κ3) is 3.31. The number of halogens is 1. The highest BCUT2D eigenvalue weighted by atomic mass is 19.1. The van der Waals surface area contributed by atoms with Crippen molar-refractivity contribution in [1.82, 2.24) is 0 Å². The molecule has 98 valence electrons. The van der Waals surface area contributed by atoms with E-state index >= 15 is 0 Å². The summed E-state index contributed by atoms with van der Waals surface area (Å²) in [6, 6.07) is 6.42. The van der Waals surface area contributed by atoms with E-state index < -0.39 is 5.97 Å². The smallest absolute Gasteiger partial charge is 0.306 e. The molecular formula is C15H19FO2. The molecule has 0 saturated heterocycles. The Morgan fingerprint density at radius 1 is 1.17 bits per heavy atom. The summed E-state index contributed by atoms with van der Waals surface area (Å²) in [6.07, 6.45) is 5.74. The number of hydrogen-bond donors (Lipinski definition) is 1. The van der Waals surface area contributed by atoms with E-state index in [2.05, 4.69) is 0 Å². The molecule has 2 nitrogen and oxygen atoms in total. The van der Waals surface area contributed by atoms with Gasteiger partial charge in [-0.1, -0.05) is 31.4 Å². The van der Waals surface area contributed by atoms with Gasteiger partial charge >= 0.3 is 5.97 Å². The van der Waals surface area contributed by atoms with E-state index in [0.717, 1.165) is 44.1 Å². The Morgan fingerprint density at radius 3 is 2.50 bits per heavy atom. The van der Waals surface area contributed by atoms with E-state index in [1.165, 1.54) is 12.1 Å². The van der Waals surface area contributed by atoms with Gasteiger partial charge in [-0.05, 0) is 42.9 Å². The summed E-state index contributed by atoms with van der Waals surface area (Å²) < 4.78 is 12.8. The number of carbonyl (C=O) groups is 1. The minimum Gasteiger partial charge on any atom is -0.481 e. The fraction of sp³-hybridized carbons (Fsp3) is 0.533. The zero-order valence-electron chi connectivity index (χ0n) is 10.4. The summed E-state index contributed by atoms with van der Waals surface area (Å²) in [4.78, 5) is 11.3. The lowest BCUT2D eigenvalue weighted by Crippen LogP contribution is -2.24. The van der Waals surface area contributed by atoms with Gasteiger partial charge in [0.05, 0.1) is 5.92 Å². The van der Waals surface area contributed by atoms with Crippen molar-refractivity contribution in [3.05, 3.63) is 35.6 Å². The minimum atomic E-state index is -0.677. The Kier molecular flexibility index (Phi) is 4.34. The molecule has 1 aliphatic carbocycles. The molecule has 0 bridgehead atoms. The molecule has 3 heteroatoms. The minimum absolute atomic E-state index is 0.190. The predicted octanol–water partition coefficient (Wildman–Crippen LogP) is 3.65. The number of carboxylic acids is 1. The van der Waals surface area contributed by atoms with Gasteiger partial charge in [-0.3, -0.25) is 4.79 Å². The van der Waals surface area contributed by atoms with E-state index in [1.54, 1.807) is 12.1 Å². The summed E-state index contributed by atoms with van der Waals surface area (Å²) in [5.41, 5.74) is 1.04. The lowest BCUT2D eigenvalue weighted by atomic mass is 9.83. The SMILES string of the molecule is O=C(O)C1CCCCCC1Cc1ccc(F)cc1. The van der Waals surface area contributed by atoms with Crippen molar-refractivity contribution < 1.29 is 14.3 Å². The second kappa shape index (κ2) is 5.98. The Morgan fingerprint density at radius 2 is 1.83 bits per heavy atom. The van der Waals surface area contributed by atoms with E-state index in [-0.39, 0.29) is 17.7 Å². The van der Waals surface area contributed by atoms with Crippen LogP contribution in [0.4, 0.5) is 4.39 Å². The van der Waals surface area contributed by atoms with Crippen LogP contribution >= 0.6 is 0 Å².